The van der Waals surface area contributed by atoms with Crippen molar-refractivity contribution in [1.82, 2.24) is 5.32 Å². The van der Waals surface area contributed by atoms with Gasteiger partial charge in [0.1, 0.15) is 0 Å². The van der Waals surface area contributed by atoms with E-state index in [-0.39, 0.29) is 0 Å². The molecule has 0 radical (unpaired) electrons. The average Bonchev–Trinajstić information content (AvgIpc) is 2.16. The Morgan fingerprint density at radius 3 is 2.12 bits per heavy atom. The second-order valence-corrected chi connectivity index (χ2v) is 4.44. The molecule has 0 aromatic carbocycles. The molecule has 0 fully saturated rings. The zero-order valence-corrected chi connectivity index (χ0v) is 11.4. The molecule has 0 spiro atoms. The van der Waals surface area contributed by atoms with Gasteiger partial charge in [-0.05, 0) is 12.8 Å². The summed E-state index contributed by atoms with van der Waals surface area (Å²) in [5, 5.41) is 3.07. The third-order valence-corrected chi connectivity index (χ3v) is 1.63. The predicted octanol–water partition coefficient (Wildman–Crippen LogP) is 0.562. The van der Waals surface area contributed by atoms with Gasteiger partial charge >= 0.3 is 7.82 Å². The molecule has 6 N–H and O–H groups in total. The summed E-state index contributed by atoms with van der Waals surface area (Å²) in [4.78, 5) is 25.7. The summed E-state index contributed by atoms with van der Waals surface area (Å²) in [6, 6.07) is 0. The largest absolute Gasteiger partial charge is 0.466 e. The molecule has 0 bridgehead atoms. The first-order valence-electron chi connectivity index (χ1n) is 5.63. The first-order chi connectivity index (χ1) is 7.81. The number of unbranched alkanes of at least 4 members (excludes halogenated alkanes) is 2. The van der Waals surface area contributed by atoms with E-state index in [0.717, 1.165) is 25.9 Å². The van der Waals surface area contributed by atoms with Crippen molar-refractivity contribution in [3.63, 3.8) is 0 Å². The van der Waals surface area contributed by atoms with Crippen LogP contribution in [-0.4, -0.2) is 33.7 Å². The zero-order valence-electron chi connectivity index (χ0n) is 10.5. The minimum Gasteiger partial charge on any atom is -0.370 e. The van der Waals surface area contributed by atoms with E-state index in [2.05, 4.69) is 24.2 Å². The van der Waals surface area contributed by atoms with E-state index >= 15 is 0 Å². The molecule has 0 aromatic rings. The van der Waals surface area contributed by atoms with Gasteiger partial charge in [-0.2, -0.15) is 0 Å². The minimum atomic E-state index is -4.64. The van der Waals surface area contributed by atoms with Crippen LogP contribution in [0.2, 0.25) is 0 Å². The van der Waals surface area contributed by atoms with Crippen LogP contribution in [0.5, 0.6) is 0 Å². The van der Waals surface area contributed by atoms with Crippen LogP contribution >= 0.6 is 7.82 Å². The molecule has 0 amide bonds. The zero-order chi connectivity index (χ0) is 13.7. The third kappa shape index (κ3) is 31.3. The molecule has 0 aliphatic carbocycles. The second kappa shape index (κ2) is 11.9. The van der Waals surface area contributed by atoms with Gasteiger partial charge in [-0.25, -0.2) is 4.57 Å². The Kier molecular flexibility index (Phi) is 13.1. The molecule has 0 rings (SSSR count). The van der Waals surface area contributed by atoms with Crippen LogP contribution in [0, 0.1) is 0 Å². The molecule has 104 valence electrons. The van der Waals surface area contributed by atoms with Gasteiger partial charge in [0.2, 0.25) is 0 Å². The van der Waals surface area contributed by atoms with Crippen LogP contribution in [0.25, 0.3) is 0 Å². The Bertz CT molecular complexity index is 234. The van der Waals surface area contributed by atoms with Crippen LogP contribution in [0.15, 0.2) is 4.99 Å². The van der Waals surface area contributed by atoms with Crippen LogP contribution < -0.4 is 11.1 Å². The molecular formula is C9H24N3O4P. The Morgan fingerprint density at radius 2 is 1.71 bits per heavy atom. The van der Waals surface area contributed by atoms with Crippen molar-refractivity contribution in [2.24, 2.45) is 10.7 Å². The van der Waals surface area contributed by atoms with Crippen molar-refractivity contribution in [2.45, 2.75) is 39.5 Å². The van der Waals surface area contributed by atoms with Crippen molar-refractivity contribution in [3.05, 3.63) is 0 Å². The maximum absolute atomic E-state index is 8.88. The molecule has 0 atom stereocenters. The van der Waals surface area contributed by atoms with E-state index in [1.165, 1.54) is 12.8 Å². The molecule has 0 aliphatic rings. The van der Waals surface area contributed by atoms with Gasteiger partial charge in [0.05, 0.1) is 0 Å². The molecule has 0 saturated heterocycles. The Labute approximate surface area is 102 Å². The van der Waals surface area contributed by atoms with Crippen LogP contribution in [-0.2, 0) is 4.57 Å². The molecule has 0 aromatic heterocycles. The monoisotopic (exact) mass is 269 g/mol. The SMILES string of the molecule is CCCCN=C(N)NCCCC.O=P(O)(O)O. The highest BCUT2D eigenvalue weighted by Crippen LogP contribution is 2.25. The standard InChI is InChI=1S/C9H21N3.H3O4P/c1-3-5-7-11-9(10)12-8-6-4-2;1-5(2,3)4/h3-8H2,1-2H3,(H3,10,11,12);(H3,1,2,3,4). The highest BCUT2D eigenvalue weighted by atomic mass is 31.2. The highest BCUT2D eigenvalue weighted by molar-refractivity contribution is 7.45. The lowest BCUT2D eigenvalue weighted by Gasteiger charge is -2.03. The number of guanidine groups is 1. The van der Waals surface area contributed by atoms with Gasteiger partial charge in [0.15, 0.2) is 5.96 Å². The van der Waals surface area contributed by atoms with Crippen molar-refractivity contribution >= 4 is 13.8 Å². The number of nitrogens with zero attached hydrogens (tertiary/aromatic N) is 1. The van der Waals surface area contributed by atoms with Crippen molar-refractivity contribution in [3.8, 4) is 0 Å². The van der Waals surface area contributed by atoms with Gasteiger partial charge < -0.3 is 25.7 Å². The summed E-state index contributed by atoms with van der Waals surface area (Å²) in [6.45, 7) is 6.10. The number of nitrogens with one attached hydrogen (secondary N) is 1. The van der Waals surface area contributed by atoms with Gasteiger partial charge in [-0.3, -0.25) is 4.99 Å². The van der Waals surface area contributed by atoms with Crippen LogP contribution in [0.1, 0.15) is 39.5 Å². The third-order valence-electron chi connectivity index (χ3n) is 1.63. The summed E-state index contributed by atoms with van der Waals surface area (Å²) in [7, 11) is -4.64. The summed E-state index contributed by atoms with van der Waals surface area (Å²) < 4.78 is 8.88. The van der Waals surface area contributed by atoms with Gasteiger partial charge in [0, 0.05) is 13.1 Å². The Hall–Kier alpha value is -0.620. The maximum atomic E-state index is 8.88. The maximum Gasteiger partial charge on any atom is 0.466 e. The number of phosphoric acid groups is 1. The fraction of sp³-hybridized carbons (Fsp3) is 0.889. The molecule has 0 saturated carbocycles. The Morgan fingerprint density at radius 1 is 1.24 bits per heavy atom. The van der Waals surface area contributed by atoms with Gasteiger partial charge in [-0.15, -0.1) is 0 Å². The smallest absolute Gasteiger partial charge is 0.370 e. The highest BCUT2D eigenvalue weighted by Gasteiger charge is 2.00. The van der Waals surface area contributed by atoms with Crippen LogP contribution in [0.3, 0.4) is 0 Å². The molecule has 17 heavy (non-hydrogen) atoms. The molecule has 0 heterocycles. The average molecular weight is 269 g/mol. The first kappa shape index (κ1) is 18.7. The molecule has 0 aliphatic heterocycles. The van der Waals surface area contributed by atoms with Crippen LogP contribution in [0.4, 0.5) is 0 Å². The van der Waals surface area contributed by atoms with E-state index in [0.29, 0.717) is 5.96 Å². The van der Waals surface area contributed by atoms with E-state index in [4.69, 9.17) is 25.0 Å². The second-order valence-electron chi connectivity index (χ2n) is 3.41. The fourth-order valence-corrected chi connectivity index (χ4v) is 0.807. The van der Waals surface area contributed by atoms with Crippen molar-refractivity contribution < 1.29 is 19.2 Å². The fourth-order valence-electron chi connectivity index (χ4n) is 0.807. The first-order valence-corrected chi connectivity index (χ1v) is 7.19. The lowest BCUT2D eigenvalue weighted by molar-refractivity contribution is 0.275. The molecule has 8 heteroatoms. The quantitative estimate of drug-likeness (QED) is 0.207. The summed E-state index contributed by atoms with van der Waals surface area (Å²) in [5.41, 5.74) is 5.59. The number of aliphatic imine (C=N–C) groups is 1. The summed E-state index contributed by atoms with van der Waals surface area (Å²) in [5.74, 6) is 0.594. The number of hydrogen-bond donors (Lipinski definition) is 5. The number of rotatable bonds is 6. The van der Waals surface area contributed by atoms with Crippen molar-refractivity contribution in [2.75, 3.05) is 13.1 Å². The number of nitrogens with two attached hydrogens (primary N) is 1. The predicted molar refractivity (Wildman–Crippen MR) is 68.6 cm³/mol. The van der Waals surface area contributed by atoms with Crippen molar-refractivity contribution in [1.29, 1.82) is 0 Å². The lowest BCUT2D eigenvalue weighted by Crippen LogP contribution is -2.32. The topological polar surface area (TPSA) is 128 Å². The summed E-state index contributed by atoms with van der Waals surface area (Å²) >= 11 is 0. The van der Waals surface area contributed by atoms with E-state index < -0.39 is 7.82 Å². The normalized spacial score (nSPS) is 11.7. The van der Waals surface area contributed by atoms with E-state index in [9.17, 15) is 0 Å². The molecule has 0 unspecified atom stereocenters. The number of hydrogen-bond acceptors (Lipinski definition) is 2. The Balaban J connectivity index is 0. The van der Waals surface area contributed by atoms with E-state index in [1.807, 2.05) is 0 Å². The van der Waals surface area contributed by atoms with E-state index in [1.54, 1.807) is 0 Å². The van der Waals surface area contributed by atoms with Gasteiger partial charge in [-0.1, -0.05) is 26.7 Å². The minimum absolute atomic E-state index is 0.594. The molecular weight excluding hydrogens is 245 g/mol. The lowest BCUT2D eigenvalue weighted by atomic mass is 10.3. The molecule has 7 nitrogen and oxygen atoms in total. The summed E-state index contributed by atoms with van der Waals surface area (Å²) in [6.07, 6.45) is 4.64. The van der Waals surface area contributed by atoms with Gasteiger partial charge in [0.25, 0.3) is 0 Å².